The largest absolute Gasteiger partial charge is 0.619 e. The SMILES string of the molecule is C=[N+]([O-])c1cccc(CC(=O)O)c1. The average Bonchev–Trinajstić information content (AvgIpc) is 2.03. The smallest absolute Gasteiger partial charge is 0.307 e. The highest BCUT2D eigenvalue weighted by atomic mass is 16.5. The fourth-order valence-electron chi connectivity index (χ4n) is 0.996. The molecule has 0 saturated carbocycles. The Labute approximate surface area is 75.3 Å². The van der Waals surface area contributed by atoms with E-state index in [-0.39, 0.29) is 6.42 Å². The number of carboxylic acid groups (broad SMARTS) is 1. The first-order valence-corrected chi connectivity index (χ1v) is 3.68. The topological polar surface area (TPSA) is 63.4 Å². The molecular weight excluding hydrogens is 170 g/mol. The molecule has 4 nitrogen and oxygen atoms in total. The van der Waals surface area contributed by atoms with Crippen LogP contribution in [0.25, 0.3) is 0 Å². The maximum Gasteiger partial charge on any atom is 0.307 e. The van der Waals surface area contributed by atoms with Crippen LogP contribution in [0.4, 0.5) is 5.69 Å². The van der Waals surface area contributed by atoms with Gasteiger partial charge in [-0.1, -0.05) is 12.1 Å². The van der Waals surface area contributed by atoms with E-state index in [9.17, 15) is 10.0 Å². The van der Waals surface area contributed by atoms with E-state index in [1.165, 1.54) is 6.07 Å². The third kappa shape index (κ3) is 2.59. The summed E-state index contributed by atoms with van der Waals surface area (Å²) in [5, 5.41) is 19.2. The standard InChI is InChI=1S/C9H9NO3/c1-10(13)8-4-2-3-7(5-8)6-9(11)12/h2-5H,1,6H2,(H,11,12). The molecule has 1 rings (SSSR count). The molecule has 0 unspecified atom stereocenters. The fourth-order valence-corrected chi connectivity index (χ4v) is 0.996. The van der Waals surface area contributed by atoms with Crippen molar-refractivity contribution < 1.29 is 14.6 Å². The molecule has 1 N–H and O–H groups in total. The zero-order chi connectivity index (χ0) is 9.84. The van der Waals surface area contributed by atoms with Crippen LogP contribution in [0, 0.1) is 5.21 Å². The lowest BCUT2D eigenvalue weighted by Gasteiger charge is -2.01. The molecule has 4 heteroatoms. The Hall–Kier alpha value is -1.84. The van der Waals surface area contributed by atoms with Crippen molar-refractivity contribution in [2.75, 3.05) is 0 Å². The van der Waals surface area contributed by atoms with Gasteiger partial charge in [0.2, 0.25) is 5.69 Å². The number of nitrogens with zero attached hydrogens (tertiary/aromatic N) is 1. The van der Waals surface area contributed by atoms with Gasteiger partial charge in [0.1, 0.15) is 6.72 Å². The van der Waals surface area contributed by atoms with E-state index in [4.69, 9.17) is 5.11 Å². The molecule has 1 aromatic rings. The first kappa shape index (κ1) is 9.25. The Balaban J connectivity index is 2.91. The van der Waals surface area contributed by atoms with E-state index in [0.717, 1.165) is 0 Å². The second-order valence-electron chi connectivity index (χ2n) is 2.62. The Kier molecular flexibility index (Phi) is 2.64. The second-order valence-corrected chi connectivity index (χ2v) is 2.62. The number of aliphatic carboxylic acids is 1. The van der Waals surface area contributed by atoms with Crippen LogP contribution in [0.3, 0.4) is 0 Å². The Morgan fingerprint density at radius 3 is 2.85 bits per heavy atom. The van der Waals surface area contributed by atoms with E-state index in [2.05, 4.69) is 6.72 Å². The molecule has 0 aliphatic carbocycles. The molecular formula is C9H9NO3. The van der Waals surface area contributed by atoms with Crippen molar-refractivity contribution in [3.63, 3.8) is 0 Å². The van der Waals surface area contributed by atoms with Gasteiger partial charge in [-0.25, -0.2) is 0 Å². The average molecular weight is 179 g/mol. The van der Waals surface area contributed by atoms with Gasteiger partial charge in [0, 0.05) is 12.1 Å². The predicted octanol–water partition coefficient (Wildman–Crippen LogP) is 1.16. The lowest BCUT2D eigenvalue weighted by Crippen LogP contribution is -2.00. The lowest BCUT2D eigenvalue weighted by atomic mass is 10.1. The lowest BCUT2D eigenvalue weighted by molar-refractivity contribution is -0.349. The minimum Gasteiger partial charge on any atom is -0.619 e. The first-order chi connectivity index (χ1) is 6.09. The molecule has 0 bridgehead atoms. The van der Waals surface area contributed by atoms with Gasteiger partial charge < -0.3 is 10.3 Å². The van der Waals surface area contributed by atoms with Crippen molar-refractivity contribution in [1.29, 1.82) is 0 Å². The summed E-state index contributed by atoms with van der Waals surface area (Å²) >= 11 is 0. The van der Waals surface area contributed by atoms with Gasteiger partial charge >= 0.3 is 5.97 Å². The third-order valence-corrected chi connectivity index (χ3v) is 1.55. The van der Waals surface area contributed by atoms with Crippen molar-refractivity contribution in [3.8, 4) is 0 Å². The maximum absolute atomic E-state index is 10.7. The minimum atomic E-state index is -0.918. The molecule has 68 valence electrons. The summed E-state index contributed by atoms with van der Waals surface area (Å²) in [5.41, 5.74) is 0.952. The molecule has 0 aromatic heterocycles. The van der Waals surface area contributed by atoms with Crippen molar-refractivity contribution in [1.82, 2.24) is 0 Å². The summed E-state index contributed by atoms with van der Waals surface area (Å²) in [6.07, 6.45) is -0.0817. The molecule has 0 spiro atoms. The number of carboxylic acids is 1. The Bertz CT molecular complexity index is 346. The van der Waals surface area contributed by atoms with E-state index < -0.39 is 5.97 Å². The highest BCUT2D eigenvalue weighted by molar-refractivity contribution is 5.70. The highest BCUT2D eigenvalue weighted by Gasteiger charge is 2.03. The quantitative estimate of drug-likeness (QED) is 0.327. The number of rotatable bonds is 3. The molecule has 0 aliphatic rings. The molecule has 0 heterocycles. The summed E-state index contributed by atoms with van der Waals surface area (Å²) in [6, 6.07) is 6.37. The van der Waals surface area contributed by atoms with Gasteiger partial charge in [-0.15, -0.1) is 0 Å². The maximum atomic E-state index is 10.7. The summed E-state index contributed by atoms with van der Waals surface area (Å²) < 4.78 is 0.450. The van der Waals surface area contributed by atoms with E-state index >= 15 is 0 Å². The normalized spacial score (nSPS) is 9.54. The summed E-state index contributed by atoms with van der Waals surface area (Å²) in [5.74, 6) is -0.918. The van der Waals surface area contributed by atoms with Crippen LogP contribution in [0.5, 0.6) is 0 Å². The van der Waals surface area contributed by atoms with E-state index in [0.29, 0.717) is 16.0 Å². The van der Waals surface area contributed by atoms with Crippen molar-refractivity contribution in [2.24, 2.45) is 0 Å². The fraction of sp³-hybridized carbons (Fsp3) is 0.111. The molecule has 1 aromatic carbocycles. The van der Waals surface area contributed by atoms with Crippen LogP contribution in [-0.2, 0) is 11.2 Å². The van der Waals surface area contributed by atoms with Gasteiger partial charge in [-0.2, -0.15) is 4.74 Å². The molecule has 0 saturated heterocycles. The predicted molar refractivity (Wildman–Crippen MR) is 48.2 cm³/mol. The number of hydrogen-bond donors (Lipinski definition) is 1. The van der Waals surface area contributed by atoms with E-state index in [1.54, 1.807) is 18.2 Å². The second kappa shape index (κ2) is 3.71. The summed E-state index contributed by atoms with van der Waals surface area (Å²) in [4.78, 5) is 10.3. The van der Waals surface area contributed by atoms with Crippen LogP contribution in [0.1, 0.15) is 5.56 Å². The van der Waals surface area contributed by atoms with Crippen molar-refractivity contribution in [2.45, 2.75) is 6.42 Å². The molecule has 13 heavy (non-hydrogen) atoms. The van der Waals surface area contributed by atoms with Crippen LogP contribution in [0.15, 0.2) is 24.3 Å². The number of benzene rings is 1. The van der Waals surface area contributed by atoms with Crippen LogP contribution in [0.2, 0.25) is 0 Å². The minimum absolute atomic E-state index is 0.0817. The Morgan fingerprint density at radius 2 is 2.31 bits per heavy atom. The molecule has 0 fully saturated rings. The monoisotopic (exact) mass is 179 g/mol. The molecule has 0 radical (unpaired) electrons. The van der Waals surface area contributed by atoms with Gasteiger partial charge in [0.25, 0.3) is 0 Å². The zero-order valence-electron chi connectivity index (χ0n) is 6.93. The van der Waals surface area contributed by atoms with E-state index in [1.807, 2.05) is 0 Å². The van der Waals surface area contributed by atoms with Crippen molar-refractivity contribution in [3.05, 3.63) is 35.0 Å². The van der Waals surface area contributed by atoms with Gasteiger partial charge in [0.15, 0.2) is 0 Å². The molecule has 0 amide bonds. The summed E-state index contributed by atoms with van der Waals surface area (Å²) in [7, 11) is 0. The zero-order valence-corrected chi connectivity index (χ0v) is 6.93. The van der Waals surface area contributed by atoms with Crippen LogP contribution < -0.4 is 0 Å². The first-order valence-electron chi connectivity index (χ1n) is 3.68. The molecule has 0 aliphatic heterocycles. The van der Waals surface area contributed by atoms with Crippen LogP contribution in [-0.4, -0.2) is 22.5 Å². The van der Waals surface area contributed by atoms with Gasteiger partial charge in [0.05, 0.1) is 6.42 Å². The van der Waals surface area contributed by atoms with Gasteiger partial charge in [-0.05, 0) is 5.56 Å². The van der Waals surface area contributed by atoms with Crippen LogP contribution >= 0.6 is 0 Å². The van der Waals surface area contributed by atoms with Gasteiger partial charge in [-0.3, -0.25) is 4.79 Å². The molecule has 0 atom stereocenters. The highest BCUT2D eigenvalue weighted by Crippen LogP contribution is 2.12. The Morgan fingerprint density at radius 1 is 1.62 bits per heavy atom. The summed E-state index contributed by atoms with van der Waals surface area (Å²) in [6.45, 7) is 3.16. The number of carbonyl (C=O) groups is 1. The number of hydrogen-bond acceptors (Lipinski definition) is 2. The van der Waals surface area contributed by atoms with Crippen molar-refractivity contribution >= 4 is 18.4 Å². The third-order valence-electron chi connectivity index (χ3n) is 1.55.